The minimum atomic E-state index is -0.163. The van der Waals surface area contributed by atoms with E-state index in [1.165, 1.54) is 20.0 Å². The first-order valence-electron chi connectivity index (χ1n) is 13.2. The van der Waals surface area contributed by atoms with Crippen LogP contribution >= 0.6 is 0 Å². The van der Waals surface area contributed by atoms with Gasteiger partial charge < -0.3 is 25.0 Å². The lowest BCUT2D eigenvalue weighted by molar-refractivity contribution is -0.122. The van der Waals surface area contributed by atoms with Crippen LogP contribution in [-0.2, 0) is 22.6 Å². The summed E-state index contributed by atoms with van der Waals surface area (Å²) in [6, 6.07) is 16.8. The van der Waals surface area contributed by atoms with Crippen LogP contribution in [0, 0.1) is 0 Å². The SMILES string of the molecule is COCC(=O)N1CCCCCCCNCc2cc(C(=O)NCc3ccc(Oc4cccnc4)cc3)ccc21. The number of carbonyl (C=O) groups excluding carboxylic acids is 2. The Hall–Kier alpha value is -3.75. The van der Waals surface area contributed by atoms with Gasteiger partial charge in [-0.15, -0.1) is 0 Å². The number of aromatic nitrogens is 1. The summed E-state index contributed by atoms with van der Waals surface area (Å²) in [5.74, 6) is 1.14. The average molecular weight is 517 g/mol. The molecule has 0 spiro atoms. The van der Waals surface area contributed by atoms with Crippen LogP contribution < -0.4 is 20.3 Å². The van der Waals surface area contributed by atoms with Gasteiger partial charge >= 0.3 is 0 Å². The third-order valence-electron chi connectivity index (χ3n) is 6.50. The summed E-state index contributed by atoms with van der Waals surface area (Å²) < 4.78 is 10.9. The molecule has 2 amide bonds. The van der Waals surface area contributed by atoms with E-state index in [2.05, 4.69) is 15.6 Å². The molecule has 1 aliphatic heterocycles. The number of hydrogen-bond donors (Lipinski definition) is 2. The van der Waals surface area contributed by atoms with Crippen LogP contribution in [0.2, 0.25) is 0 Å². The van der Waals surface area contributed by atoms with Gasteiger partial charge in [0.2, 0.25) is 0 Å². The quantitative estimate of drug-likeness (QED) is 0.467. The highest BCUT2D eigenvalue weighted by atomic mass is 16.5. The van der Waals surface area contributed by atoms with Gasteiger partial charge in [0.1, 0.15) is 18.1 Å². The maximum atomic E-state index is 13.0. The van der Waals surface area contributed by atoms with Crippen molar-refractivity contribution in [3.05, 3.63) is 83.7 Å². The van der Waals surface area contributed by atoms with Crippen molar-refractivity contribution in [3.8, 4) is 11.5 Å². The third kappa shape index (κ3) is 7.87. The van der Waals surface area contributed by atoms with Gasteiger partial charge in [-0.2, -0.15) is 0 Å². The van der Waals surface area contributed by atoms with Crippen molar-refractivity contribution in [2.45, 2.75) is 45.2 Å². The first-order chi connectivity index (χ1) is 18.6. The second-order valence-electron chi connectivity index (χ2n) is 9.38. The smallest absolute Gasteiger partial charge is 0.252 e. The van der Waals surface area contributed by atoms with Crippen LogP contribution in [-0.4, -0.2) is 43.6 Å². The lowest BCUT2D eigenvalue weighted by atomic mass is 10.0. The molecule has 1 aliphatic rings. The van der Waals surface area contributed by atoms with E-state index in [4.69, 9.17) is 9.47 Å². The van der Waals surface area contributed by atoms with Crippen LogP contribution in [0.3, 0.4) is 0 Å². The fourth-order valence-corrected chi connectivity index (χ4v) is 4.49. The molecule has 1 aromatic heterocycles. The second kappa shape index (κ2) is 14.3. The molecule has 8 heteroatoms. The molecule has 38 heavy (non-hydrogen) atoms. The number of nitrogens with zero attached hydrogens (tertiary/aromatic N) is 2. The maximum Gasteiger partial charge on any atom is 0.252 e. The average Bonchev–Trinajstić information content (AvgIpc) is 2.93. The number of hydrogen-bond acceptors (Lipinski definition) is 6. The Morgan fingerprint density at radius 2 is 1.82 bits per heavy atom. The summed E-state index contributed by atoms with van der Waals surface area (Å²) in [5, 5.41) is 6.48. The molecule has 0 radical (unpaired) electrons. The van der Waals surface area contributed by atoms with Gasteiger partial charge in [0.05, 0.1) is 6.20 Å². The highest BCUT2D eigenvalue weighted by Crippen LogP contribution is 2.25. The van der Waals surface area contributed by atoms with Gasteiger partial charge in [0.25, 0.3) is 11.8 Å². The molecule has 200 valence electrons. The number of benzene rings is 2. The van der Waals surface area contributed by atoms with E-state index in [1.54, 1.807) is 23.4 Å². The zero-order chi connectivity index (χ0) is 26.6. The number of carbonyl (C=O) groups is 2. The molecular weight excluding hydrogens is 480 g/mol. The highest BCUT2D eigenvalue weighted by Gasteiger charge is 2.20. The van der Waals surface area contributed by atoms with Crippen molar-refractivity contribution in [1.29, 1.82) is 0 Å². The molecular formula is C30H36N4O4. The molecule has 0 fully saturated rings. The first kappa shape index (κ1) is 27.3. The van der Waals surface area contributed by atoms with Crippen molar-refractivity contribution in [3.63, 3.8) is 0 Å². The van der Waals surface area contributed by atoms with E-state index < -0.39 is 0 Å². The molecule has 0 bridgehead atoms. The Kier molecular flexibility index (Phi) is 10.2. The minimum absolute atomic E-state index is 0.0289. The predicted molar refractivity (Wildman–Crippen MR) is 147 cm³/mol. The summed E-state index contributed by atoms with van der Waals surface area (Å²) in [7, 11) is 1.53. The fraction of sp³-hybridized carbons (Fsp3) is 0.367. The zero-order valence-corrected chi connectivity index (χ0v) is 21.9. The highest BCUT2D eigenvalue weighted by molar-refractivity contribution is 5.98. The molecule has 2 heterocycles. The molecule has 3 aromatic rings. The van der Waals surface area contributed by atoms with Crippen LogP contribution in [0.25, 0.3) is 0 Å². The third-order valence-corrected chi connectivity index (χ3v) is 6.50. The largest absolute Gasteiger partial charge is 0.456 e. The van der Waals surface area contributed by atoms with E-state index in [1.807, 2.05) is 48.5 Å². The van der Waals surface area contributed by atoms with Crippen LogP contribution in [0.4, 0.5) is 5.69 Å². The standard InChI is InChI=1S/C30H36N4O4/c1-37-22-29(35)34-17-6-4-2-3-5-15-31-20-25-18-24(11-14-28(25)34)30(36)33-19-23-9-12-26(13-10-23)38-27-8-7-16-32-21-27/h7-14,16,18,21,31H,2-6,15,17,19-20,22H2,1H3,(H,33,36). The van der Waals surface area contributed by atoms with E-state index in [0.29, 0.717) is 36.7 Å². The number of pyridine rings is 1. The number of ether oxygens (including phenoxy) is 2. The molecule has 0 atom stereocenters. The topological polar surface area (TPSA) is 92.8 Å². The van der Waals surface area contributed by atoms with Gasteiger partial charge in [-0.1, -0.05) is 31.4 Å². The molecule has 2 N–H and O–H groups in total. The zero-order valence-electron chi connectivity index (χ0n) is 21.9. The monoisotopic (exact) mass is 516 g/mol. The van der Waals surface area contributed by atoms with Crippen LogP contribution in [0.15, 0.2) is 67.0 Å². The summed E-state index contributed by atoms with van der Waals surface area (Å²) >= 11 is 0. The number of fused-ring (bicyclic) bond motifs is 1. The lowest BCUT2D eigenvalue weighted by Crippen LogP contribution is -2.36. The number of rotatable bonds is 7. The van der Waals surface area contributed by atoms with Gasteiger partial charge in [-0.05, 0) is 73.0 Å². The van der Waals surface area contributed by atoms with Crippen molar-refractivity contribution < 1.29 is 19.1 Å². The van der Waals surface area contributed by atoms with Crippen molar-refractivity contribution in [2.75, 3.05) is 31.7 Å². The Morgan fingerprint density at radius 3 is 2.61 bits per heavy atom. The Labute approximate surface area is 224 Å². The van der Waals surface area contributed by atoms with Gasteiger partial charge in [-0.25, -0.2) is 0 Å². The lowest BCUT2D eigenvalue weighted by Gasteiger charge is -2.26. The van der Waals surface area contributed by atoms with Gasteiger partial charge in [0.15, 0.2) is 0 Å². The van der Waals surface area contributed by atoms with E-state index in [-0.39, 0.29) is 18.4 Å². The van der Waals surface area contributed by atoms with E-state index >= 15 is 0 Å². The summed E-state index contributed by atoms with van der Waals surface area (Å²) in [5.41, 5.74) is 3.29. The van der Waals surface area contributed by atoms with Crippen molar-refractivity contribution in [1.82, 2.24) is 15.6 Å². The Morgan fingerprint density at radius 1 is 1.00 bits per heavy atom. The normalized spacial score (nSPS) is 14.5. The number of methoxy groups -OCH3 is 1. The van der Waals surface area contributed by atoms with Crippen molar-refractivity contribution in [2.24, 2.45) is 0 Å². The Balaban J connectivity index is 1.44. The molecule has 0 saturated heterocycles. The Bertz CT molecular complexity index is 1180. The number of nitrogens with one attached hydrogen (secondary N) is 2. The summed E-state index contributed by atoms with van der Waals surface area (Å²) in [6.07, 6.45) is 8.84. The van der Waals surface area contributed by atoms with E-state index in [0.717, 1.165) is 42.6 Å². The first-order valence-corrected chi connectivity index (χ1v) is 13.2. The van der Waals surface area contributed by atoms with Gasteiger partial charge in [0, 0.05) is 44.2 Å². The molecule has 0 saturated carbocycles. The number of anilines is 1. The molecule has 8 nitrogen and oxygen atoms in total. The summed E-state index contributed by atoms with van der Waals surface area (Å²) in [4.78, 5) is 31.8. The molecule has 2 aromatic carbocycles. The minimum Gasteiger partial charge on any atom is -0.456 e. The van der Waals surface area contributed by atoms with Crippen LogP contribution in [0.5, 0.6) is 11.5 Å². The molecule has 0 aliphatic carbocycles. The number of amides is 2. The fourth-order valence-electron chi connectivity index (χ4n) is 4.49. The predicted octanol–water partition coefficient (Wildman–Crippen LogP) is 4.84. The van der Waals surface area contributed by atoms with Crippen molar-refractivity contribution >= 4 is 17.5 Å². The van der Waals surface area contributed by atoms with E-state index in [9.17, 15) is 9.59 Å². The molecule has 4 rings (SSSR count). The van der Waals surface area contributed by atoms with Crippen LogP contribution in [0.1, 0.15) is 53.6 Å². The maximum absolute atomic E-state index is 13.0. The second-order valence-corrected chi connectivity index (χ2v) is 9.38. The summed E-state index contributed by atoms with van der Waals surface area (Å²) in [6.45, 7) is 2.55. The van der Waals surface area contributed by atoms with Gasteiger partial charge in [-0.3, -0.25) is 14.6 Å². The molecule has 0 unspecified atom stereocenters.